The second-order valence-corrected chi connectivity index (χ2v) is 6.27. The fraction of sp³-hybridized carbons (Fsp3) is 0.286. The van der Waals surface area contributed by atoms with Crippen molar-refractivity contribution in [1.82, 2.24) is 0 Å². The summed E-state index contributed by atoms with van der Waals surface area (Å²) in [6.07, 6.45) is 1.76. The Kier molecular flexibility index (Phi) is 6.34. The summed E-state index contributed by atoms with van der Waals surface area (Å²) in [6, 6.07) is 8.81. The lowest BCUT2D eigenvalue weighted by Crippen LogP contribution is -2.12. The lowest BCUT2D eigenvalue weighted by atomic mass is 10.0. The van der Waals surface area contributed by atoms with E-state index in [0.717, 1.165) is 11.3 Å². The molecule has 27 heavy (non-hydrogen) atoms. The molecule has 0 bridgehead atoms. The second-order valence-electron chi connectivity index (χ2n) is 6.27. The zero-order valence-electron chi connectivity index (χ0n) is 16.6. The Hall–Kier alpha value is -3.15. The van der Waals surface area contributed by atoms with Gasteiger partial charge in [-0.1, -0.05) is 0 Å². The highest BCUT2D eigenvalue weighted by atomic mass is 16.5. The number of nitrogen functional groups attached to an aromatic ring is 1. The molecule has 0 aromatic heterocycles. The highest BCUT2D eigenvalue weighted by molar-refractivity contribution is 6.11. The Labute approximate surface area is 160 Å². The first-order valence-corrected chi connectivity index (χ1v) is 8.42. The van der Waals surface area contributed by atoms with Crippen LogP contribution >= 0.6 is 0 Å². The molecule has 0 radical (unpaired) electrons. The summed E-state index contributed by atoms with van der Waals surface area (Å²) in [6.45, 7) is 1.76. The lowest BCUT2D eigenvalue weighted by molar-refractivity contribution is 0.103. The zero-order valence-corrected chi connectivity index (χ0v) is 16.6. The molecule has 6 nitrogen and oxygen atoms in total. The van der Waals surface area contributed by atoms with Gasteiger partial charge in [0.05, 0.1) is 32.7 Å². The number of carbonyl (C=O) groups is 1. The van der Waals surface area contributed by atoms with E-state index in [1.807, 2.05) is 25.1 Å². The van der Waals surface area contributed by atoms with Crippen molar-refractivity contribution in [2.75, 3.05) is 46.1 Å². The summed E-state index contributed by atoms with van der Waals surface area (Å²) >= 11 is 0. The van der Waals surface area contributed by atoms with Crippen LogP contribution in [0, 0.1) is 0 Å². The molecule has 0 aliphatic carbocycles. The van der Waals surface area contributed by atoms with Gasteiger partial charge in [0.1, 0.15) is 5.75 Å². The minimum atomic E-state index is -0.108. The molecule has 0 saturated heterocycles. The van der Waals surface area contributed by atoms with Crippen molar-refractivity contribution in [3.05, 3.63) is 47.0 Å². The number of ketones is 1. The van der Waals surface area contributed by atoms with Crippen molar-refractivity contribution in [3.8, 4) is 17.2 Å². The maximum absolute atomic E-state index is 12.8. The van der Waals surface area contributed by atoms with Gasteiger partial charge in [-0.15, -0.1) is 0 Å². The third-order valence-corrected chi connectivity index (χ3v) is 4.24. The minimum absolute atomic E-state index is 0.108. The van der Waals surface area contributed by atoms with E-state index >= 15 is 0 Å². The SMILES string of the molecule is COc1cc(OC)c(OC)cc1/C=C(\C)C(=O)c1ccc(N(C)C)c(N)c1. The third-order valence-electron chi connectivity index (χ3n) is 4.24. The van der Waals surface area contributed by atoms with Crippen molar-refractivity contribution in [3.63, 3.8) is 0 Å². The molecule has 0 saturated carbocycles. The molecular formula is C21H26N2O4. The maximum Gasteiger partial charge on any atom is 0.188 e. The molecule has 0 spiro atoms. The molecule has 0 atom stereocenters. The van der Waals surface area contributed by atoms with Gasteiger partial charge in [-0.25, -0.2) is 0 Å². The van der Waals surface area contributed by atoms with Gasteiger partial charge in [0.15, 0.2) is 17.3 Å². The molecule has 0 fully saturated rings. The molecule has 0 unspecified atom stereocenters. The Morgan fingerprint density at radius 1 is 0.963 bits per heavy atom. The Morgan fingerprint density at radius 3 is 2.07 bits per heavy atom. The first kappa shape index (κ1) is 20.2. The predicted octanol–water partition coefficient (Wildman–Crippen LogP) is 3.65. The van der Waals surface area contributed by atoms with Crippen LogP contribution in [0.2, 0.25) is 0 Å². The van der Waals surface area contributed by atoms with Crippen LogP contribution in [0.25, 0.3) is 6.08 Å². The standard InChI is InChI=1S/C21H26N2O4/c1-13(21(24)14-7-8-17(23(2)3)16(22)10-14)9-15-11-19(26-5)20(27-6)12-18(15)25-4/h7-12H,22H2,1-6H3/b13-9+. The molecule has 144 valence electrons. The third kappa shape index (κ3) is 4.34. The van der Waals surface area contributed by atoms with E-state index in [1.165, 1.54) is 0 Å². The van der Waals surface area contributed by atoms with Crippen molar-refractivity contribution >= 4 is 23.2 Å². The second kappa shape index (κ2) is 8.49. The van der Waals surface area contributed by atoms with E-state index < -0.39 is 0 Å². The monoisotopic (exact) mass is 370 g/mol. The number of hydrogen-bond acceptors (Lipinski definition) is 6. The summed E-state index contributed by atoms with van der Waals surface area (Å²) in [5.41, 5.74) is 9.30. The molecule has 0 amide bonds. The molecule has 0 aliphatic heterocycles. The Bertz CT molecular complexity index is 873. The summed E-state index contributed by atoms with van der Waals surface area (Å²) in [5, 5.41) is 0. The molecule has 2 rings (SSSR count). The van der Waals surface area contributed by atoms with E-state index in [0.29, 0.717) is 34.1 Å². The van der Waals surface area contributed by atoms with Gasteiger partial charge in [0.2, 0.25) is 0 Å². The van der Waals surface area contributed by atoms with Gasteiger partial charge in [-0.3, -0.25) is 4.79 Å². The number of Topliss-reactive ketones (excluding diaryl/α,β-unsaturated/α-hetero) is 1. The fourth-order valence-corrected chi connectivity index (χ4v) is 2.80. The van der Waals surface area contributed by atoms with Crippen molar-refractivity contribution in [2.45, 2.75) is 6.92 Å². The van der Waals surface area contributed by atoms with Crippen LogP contribution < -0.4 is 24.8 Å². The number of allylic oxidation sites excluding steroid dienone is 1. The summed E-state index contributed by atoms with van der Waals surface area (Å²) < 4.78 is 16.0. The maximum atomic E-state index is 12.8. The molecule has 6 heteroatoms. The highest BCUT2D eigenvalue weighted by Gasteiger charge is 2.14. The van der Waals surface area contributed by atoms with Gasteiger partial charge < -0.3 is 24.8 Å². The first-order valence-electron chi connectivity index (χ1n) is 8.42. The van der Waals surface area contributed by atoms with Crippen LogP contribution in [0.15, 0.2) is 35.9 Å². The van der Waals surface area contributed by atoms with Gasteiger partial charge in [-0.05, 0) is 42.8 Å². The number of hydrogen-bond donors (Lipinski definition) is 1. The number of carbonyl (C=O) groups excluding carboxylic acids is 1. The Balaban J connectivity index is 2.42. The number of anilines is 2. The minimum Gasteiger partial charge on any atom is -0.496 e. The number of rotatable bonds is 7. The molecule has 0 heterocycles. The molecule has 0 aliphatic rings. The van der Waals surface area contributed by atoms with Gasteiger partial charge in [0.25, 0.3) is 0 Å². The topological polar surface area (TPSA) is 74.0 Å². The molecule has 2 N–H and O–H groups in total. The van der Waals surface area contributed by atoms with Gasteiger partial charge in [-0.2, -0.15) is 0 Å². The number of nitrogens with zero attached hydrogens (tertiary/aromatic N) is 1. The van der Waals surface area contributed by atoms with Crippen LogP contribution in [0.5, 0.6) is 17.2 Å². The smallest absolute Gasteiger partial charge is 0.188 e. The summed E-state index contributed by atoms with van der Waals surface area (Å²) in [4.78, 5) is 14.7. The van der Waals surface area contributed by atoms with E-state index in [2.05, 4.69) is 0 Å². The van der Waals surface area contributed by atoms with E-state index in [-0.39, 0.29) is 5.78 Å². The van der Waals surface area contributed by atoms with Crippen LogP contribution in [-0.2, 0) is 0 Å². The average Bonchev–Trinajstić information content (AvgIpc) is 2.66. The molecule has 2 aromatic rings. The normalized spacial score (nSPS) is 11.1. The largest absolute Gasteiger partial charge is 0.496 e. The Morgan fingerprint density at radius 2 is 1.56 bits per heavy atom. The van der Waals surface area contributed by atoms with E-state index in [1.54, 1.807) is 58.6 Å². The van der Waals surface area contributed by atoms with Crippen molar-refractivity contribution < 1.29 is 19.0 Å². The number of methoxy groups -OCH3 is 3. The van der Waals surface area contributed by atoms with Crippen LogP contribution in [-0.4, -0.2) is 41.2 Å². The average molecular weight is 370 g/mol. The van der Waals surface area contributed by atoms with Crippen LogP contribution in [0.4, 0.5) is 11.4 Å². The fourth-order valence-electron chi connectivity index (χ4n) is 2.80. The van der Waals surface area contributed by atoms with E-state index in [9.17, 15) is 4.79 Å². The van der Waals surface area contributed by atoms with E-state index in [4.69, 9.17) is 19.9 Å². The van der Waals surface area contributed by atoms with Crippen LogP contribution in [0.1, 0.15) is 22.8 Å². The van der Waals surface area contributed by atoms with Crippen molar-refractivity contribution in [2.24, 2.45) is 0 Å². The molecule has 2 aromatic carbocycles. The first-order chi connectivity index (χ1) is 12.8. The quantitative estimate of drug-likeness (QED) is 0.456. The summed E-state index contributed by atoms with van der Waals surface area (Å²) in [5.74, 6) is 1.60. The van der Waals surface area contributed by atoms with Gasteiger partial charge >= 0.3 is 0 Å². The molecular weight excluding hydrogens is 344 g/mol. The van der Waals surface area contributed by atoms with Crippen LogP contribution in [0.3, 0.4) is 0 Å². The van der Waals surface area contributed by atoms with Crippen molar-refractivity contribution in [1.29, 1.82) is 0 Å². The number of ether oxygens (including phenoxy) is 3. The lowest BCUT2D eigenvalue weighted by Gasteiger charge is -2.16. The predicted molar refractivity (Wildman–Crippen MR) is 109 cm³/mol. The number of nitrogens with two attached hydrogens (primary N) is 1. The van der Waals surface area contributed by atoms with Gasteiger partial charge in [0, 0.05) is 31.3 Å². The number of benzene rings is 2. The highest BCUT2D eigenvalue weighted by Crippen LogP contribution is 2.36. The summed E-state index contributed by atoms with van der Waals surface area (Å²) in [7, 11) is 8.49. The zero-order chi connectivity index (χ0) is 20.1.